The van der Waals surface area contributed by atoms with Gasteiger partial charge in [0.05, 0.1) is 24.0 Å². The van der Waals surface area contributed by atoms with Crippen molar-refractivity contribution >= 4 is 28.7 Å². The molecule has 0 spiro atoms. The van der Waals surface area contributed by atoms with Gasteiger partial charge in [0.15, 0.2) is 5.60 Å². The van der Waals surface area contributed by atoms with Gasteiger partial charge in [-0.25, -0.2) is 4.79 Å². The van der Waals surface area contributed by atoms with Crippen LogP contribution in [0, 0.1) is 6.92 Å². The smallest absolute Gasteiger partial charge is 0.335 e. The lowest BCUT2D eigenvalue weighted by Gasteiger charge is -2.18. The van der Waals surface area contributed by atoms with E-state index in [1.54, 1.807) is 18.5 Å². The molecule has 0 aliphatic carbocycles. The molecule has 0 unspecified atom stereocenters. The minimum Gasteiger partial charge on any atom is -0.479 e. The van der Waals surface area contributed by atoms with Crippen LogP contribution in [0.3, 0.4) is 0 Å². The molecule has 4 rings (SSSR count). The molecular weight excluding hydrogens is 440 g/mol. The molecule has 0 aliphatic heterocycles. The van der Waals surface area contributed by atoms with Crippen LogP contribution in [0.2, 0.25) is 0 Å². The van der Waals surface area contributed by atoms with E-state index in [1.807, 2.05) is 78.2 Å². The quantitative estimate of drug-likeness (QED) is 0.327. The minimum absolute atomic E-state index is 0.0320. The van der Waals surface area contributed by atoms with Crippen molar-refractivity contribution in [1.82, 2.24) is 9.55 Å². The number of ether oxygens (including phenoxy) is 1. The van der Waals surface area contributed by atoms with Crippen LogP contribution < -0.4 is 0 Å². The van der Waals surface area contributed by atoms with Crippen molar-refractivity contribution in [3.05, 3.63) is 107 Å². The average Bonchev–Trinajstić information content (AvgIpc) is 3.20. The number of ketones is 1. The molecule has 0 fully saturated rings. The zero-order valence-corrected chi connectivity index (χ0v) is 20.1. The Bertz CT molecular complexity index is 1400. The molecule has 0 saturated heterocycles. The molecule has 0 atom stereocenters. The van der Waals surface area contributed by atoms with E-state index in [-0.39, 0.29) is 12.4 Å². The molecule has 178 valence electrons. The Hall–Kier alpha value is -4.03. The number of hydrogen-bond donors (Lipinski definition) is 1. The van der Waals surface area contributed by atoms with Gasteiger partial charge in [-0.05, 0) is 50.1 Å². The highest BCUT2D eigenvalue weighted by molar-refractivity contribution is 6.10. The largest absolute Gasteiger partial charge is 0.479 e. The summed E-state index contributed by atoms with van der Waals surface area (Å²) < 4.78 is 7.44. The molecule has 4 aromatic rings. The van der Waals surface area contributed by atoms with E-state index in [1.165, 1.54) is 13.8 Å². The third-order valence-electron chi connectivity index (χ3n) is 5.91. The van der Waals surface area contributed by atoms with Crippen molar-refractivity contribution in [1.29, 1.82) is 0 Å². The van der Waals surface area contributed by atoms with Gasteiger partial charge in [0.1, 0.15) is 0 Å². The molecule has 2 aromatic heterocycles. The minimum atomic E-state index is -1.24. The molecule has 35 heavy (non-hydrogen) atoms. The van der Waals surface area contributed by atoms with Crippen LogP contribution >= 0.6 is 0 Å². The highest BCUT2D eigenvalue weighted by Crippen LogP contribution is 2.23. The van der Waals surface area contributed by atoms with Crippen LogP contribution in [0.4, 0.5) is 0 Å². The number of carboxylic acids is 1. The Morgan fingerprint density at radius 2 is 1.86 bits per heavy atom. The lowest BCUT2D eigenvalue weighted by Crippen LogP contribution is -2.34. The van der Waals surface area contributed by atoms with Crippen LogP contribution in [-0.4, -0.2) is 38.6 Å². The summed E-state index contributed by atoms with van der Waals surface area (Å²) in [6.45, 7) is 5.74. The van der Waals surface area contributed by atoms with Gasteiger partial charge in [-0.1, -0.05) is 60.2 Å². The maximum atomic E-state index is 13.4. The zero-order chi connectivity index (χ0) is 25.0. The summed E-state index contributed by atoms with van der Waals surface area (Å²) in [5.74, 6) is -1.03. The molecule has 0 saturated carbocycles. The first kappa shape index (κ1) is 24.1. The number of carbonyl (C=O) groups excluding carboxylic acids is 1. The predicted octanol–water partition coefficient (Wildman–Crippen LogP) is 5.52. The summed E-state index contributed by atoms with van der Waals surface area (Å²) in [4.78, 5) is 28.8. The van der Waals surface area contributed by atoms with E-state index in [2.05, 4.69) is 4.98 Å². The van der Waals surface area contributed by atoms with Crippen molar-refractivity contribution in [2.45, 2.75) is 32.9 Å². The molecule has 2 heterocycles. The number of aliphatic carboxylic acids is 1. The monoisotopic (exact) mass is 468 g/mol. The number of nitrogens with zero attached hydrogens (tertiary/aromatic N) is 2. The Balaban J connectivity index is 1.59. The van der Waals surface area contributed by atoms with Gasteiger partial charge in [0, 0.05) is 23.7 Å². The van der Waals surface area contributed by atoms with E-state index in [4.69, 9.17) is 9.84 Å². The summed E-state index contributed by atoms with van der Waals surface area (Å²) in [5, 5.41) is 10.1. The fourth-order valence-corrected chi connectivity index (χ4v) is 3.79. The van der Waals surface area contributed by atoms with Crippen LogP contribution in [-0.2, 0) is 16.1 Å². The van der Waals surface area contributed by atoms with Crippen molar-refractivity contribution in [2.24, 2.45) is 0 Å². The molecule has 0 bridgehead atoms. The van der Waals surface area contributed by atoms with E-state index in [0.717, 1.165) is 27.6 Å². The number of carbonyl (C=O) groups is 2. The van der Waals surface area contributed by atoms with Crippen LogP contribution in [0.5, 0.6) is 0 Å². The maximum Gasteiger partial charge on any atom is 0.335 e. The van der Waals surface area contributed by atoms with Crippen LogP contribution in [0.1, 0.15) is 46.6 Å². The van der Waals surface area contributed by atoms with Crippen LogP contribution in [0.15, 0.2) is 79.1 Å². The van der Waals surface area contributed by atoms with Crippen LogP contribution in [0.25, 0.3) is 17.0 Å². The fourth-order valence-electron chi connectivity index (χ4n) is 3.79. The number of carboxylic acid groups (broad SMARTS) is 1. The number of fused-ring (bicyclic) bond motifs is 1. The van der Waals surface area contributed by atoms with Gasteiger partial charge in [0.25, 0.3) is 0 Å². The van der Waals surface area contributed by atoms with E-state index in [0.29, 0.717) is 17.8 Å². The lowest BCUT2D eigenvalue weighted by atomic mass is 10.1. The molecular formula is C29H28N2O4. The second-order valence-electron chi connectivity index (χ2n) is 9.02. The number of pyridine rings is 1. The number of aromatic nitrogens is 2. The van der Waals surface area contributed by atoms with Gasteiger partial charge in [-0.3, -0.25) is 9.78 Å². The first-order chi connectivity index (χ1) is 16.7. The Labute approximate surface area is 204 Å². The third-order valence-corrected chi connectivity index (χ3v) is 5.91. The Morgan fingerprint density at radius 3 is 2.60 bits per heavy atom. The maximum absolute atomic E-state index is 13.4. The van der Waals surface area contributed by atoms with E-state index in [9.17, 15) is 9.59 Å². The number of benzene rings is 2. The summed E-state index contributed by atoms with van der Waals surface area (Å²) >= 11 is 0. The van der Waals surface area contributed by atoms with Gasteiger partial charge in [0.2, 0.25) is 5.78 Å². The van der Waals surface area contributed by atoms with E-state index < -0.39 is 11.6 Å². The standard InChI is InChI=1S/C29H28N2O4/c1-20-9-11-23(12-10-20)27(32)25-17-24-13-14-30-18-26(24)31(25)19-22-7-4-6-21(16-22)8-5-15-35-29(2,3)28(33)34/h4-14,16-18H,15,19H2,1-3H3,(H,33,34)/b8-5+. The Morgan fingerprint density at radius 1 is 1.09 bits per heavy atom. The second kappa shape index (κ2) is 10.1. The summed E-state index contributed by atoms with van der Waals surface area (Å²) in [6.07, 6.45) is 7.21. The number of aryl methyl sites for hydroxylation is 1. The van der Waals surface area contributed by atoms with E-state index >= 15 is 0 Å². The Kier molecular flexibility index (Phi) is 6.94. The predicted molar refractivity (Wildman–Crippen MR) is 137 cm³/mol. The number of rotatable bonds is 9. The normalized spacial score (nSPS) is 11.9. The lowest BCUT2D eigenvalue weighted by molar-refractivity contribution is -0.159. The summed E-state index contributed by atoms with van der Waals surface area (Å²) in [7, 11) is 0. The number of hydrogen-bond acceptors (Lipinski definition) is 4. The SMILES string of the molecule is Cc1ccc(C(=O)c2cc3ccncc3n2Cc2cccc(/C=C/COC(C)(C)C(=O)O)c2)cc1. The van der Waals surface area contributed by atoms with Gasteiger partial charge in [-0.15, -0.1) is 0 Å². The second-order valence-corrected chi connectivity index (χ2v) is 9.02. The molecule has 0 radical (unpaired) electrons. The zero-order valence-electron chi connectivity index (χ0n) is 20.1. The topological polar surface area (TPSA) is 81.4 Å². The summed E-state index contributed by atoms with van der Waals surface area (Å²) in [6, 6.07) is 19.4. The van der Waals surface area contributed by atoms with Gasteiger partial charge < -0.3 is 14.4 Å². The van der Waals surface area contributed by atoms with Gasteiger partial charge in [-0.2, -0.15) is 0 Å². The first-order valence-corrected chi connectivity index (χ1v) is 11.4. The van der Waals surface area contributed by atoms with Crippen molar-refractivity contribution in [3.8, 4) is 0 Å². The fraction of sp³-hybridized carbons (Fsp3) is 0.207. The first-order valence-electron chi connectivity index (χ1n) is 11.4. The molecule has 6 nitrogen and oxygen atoms in total. The van der Waals surface area contributed by atoms with Gasteiger partial charge >= 0.3 is 5.97 Å². The molecule has 2 aromatic carbocycles. The highest BCUT2D eigenvalue weighted by Gasteiger charge is 2.27. The average molecular weight is 469 g/mol. The molecule has 1 N–H and O–H groups in total. The highest BCUT2D eigenvalue weighted by atomic mass is 16.5. The molecule has 0 amide bonds. The van der Waals surface area contributed by atoms with Crippen molar-refractivity contribution in [2.75, 3.05) is 6.61 Å². The third kappa shape index (κ3) is 5.55. The molecule has 0 aliphatic rings. The molecule has 6 heteroatoms. The summed E-state index contributed by atoms with van der Waals surface area (Å²) in [5.41, 5.74) is 4.01. The van der Waals surface area contributed by atoms with Crippen molar-refractivity contribution in [3.63, 3.8) is 0 Å². The van der Waals surface area contributed by atoms with Crippen molar-refractivity contribution < 1.29 is 19.4 Å².